The van der Waals surface area contributed by atoms with Gasteiger partial charge < -0.3 is 5.32 Å². The number of thiazole rings is 1. The molecule has 0 spiro atoms. The van der Waals surface area contributed by atoms with Gasteiger partial charge in [0.2, 0.25) is 5.91 Å². The number of hydrogen-bond donors (Lipinski definition) is 1. The van der Waals surface area contributed by atoms with E-state index in [9.17, 15) is 13.2 Å². The second-order valence-corrected chi connectivity index (χ2v) is 10.1. The highest BCUT2D eigenvalue weighted by atomic mass is 35.5. The lowest BCUT2D eigenvalue weighted by Crippen LogP contribution is -2.14. The number of halogens is 1. The van der Waals surface area contributed by atoms with E-state index in [1.165, 1.54) is 41.3 Å². The Labute approximate surface area is 170 Å². The Balaban J connectivity index is 1.63. The van der Waals surface area contributed by atoms with Gasteiger partial charge in [0.05, 0.1) is 27.1 Å². The summed E-state index contributed by atoms with van der Waals surface area (Å²) < 4.78 is 24.1. The number of sulfone groups is 1. The van der Waals surface area contributed by atoms with Crippen molar-refractivity contribution in [3.63, 3.8) is 0 Å². The summed E-state index contributed by atoms with van der Waals surface area (Å²) in [4.78, 5) is 16.8. The van der Waals surface area contributed by atoms with E-state index in [4.69, 9.17) is 11.6 Å². The minimum atomic E-state index is -3.38. The first-order chi connectivity index (χ1) is 12.8. The summed E-state index contributed by atoms with van der Waals surface area (Å²) in [5, 5.41) is 4.88. The summed E-state index contributed by atoms with van der Waals surface area (Å²) in [7, 11) is -3.38. The average Bonchev–Trinajstić information content (AvgIpc) is 3.11. The fourth-order valence-corrected chi connectivity index (χ4v) is 4.66. The van der Waals surface area contributed by atoms with E-state index in [0.717, 1.165) is 21.9 Å². The second-order valence-electron chi connectivity index (χ2n) is 5.62. The monoisotopic (exact) mass is 438 g/mol. The first kappa shape index (κ1) is 19.9. The van der Waals surface area contributed by atoms with Crippen LogP contribution in [0.5, 0.6) is 0 Å². The van der Waals surface area contributed by atoms with Crippen molar-refractivity contribution >= 4 is 56.1 Å². The van der Waals surface area contributed by atoms with Gasteiger partial charge in [0.25, 0.3) is 0 Å². The number of amides is 1. The Bertz CT molecular complexity index is 1070. The molecule has 3 aromatic rings. The number of nitrogens with zero attached hydrogens (tertiary/aromatic N) is 1. The summed E-state index contributed by atoms with van der Waals surface area (Å²) in [5.41, 5.74) is 2.16. The first-order valence-electron chi connectivity index (χ1n) is 7.76. The molecule has 140 valence electrons. The molecule has 0 unspecified atom stereocenters. The zero-order valence-corrected chi connectivity index (χ0v) is 17.4. The molecule has 1 N–H and O–H groups in total. The highest BCUT2D eigenvalue weighted by Crippen LogP contribution is 2.29. The Hall–Kier alpha value is -1.87. The van der Waals surface area contributed by atoms with Crippen LogP contribution in [-0.2, 0) is 14.6 Å². The van der Waals surface area contributed by atoms with Gasteiger partial charge in [0.15, 0.2) is 14.2 Å². The van der Waals surface area contributed by atoms with Crippen molar-refractivity contribution in [2.45, 2.75) is 9.24 Å². The Morgan fingerprint density at radius 1 is 1.22 bits per heavy atom. The summed E-state index contributed by atoms with van der Waals surface area (Å²) in [6, 6.07) is 14.0. The molecule has 0 saturated carbocycles. The van der Waals surface area contributed by atoms with E-state index < -0.39 is 9.84 Å². The number of carbonyl (C=O) groups is 1. The van der Waals surface area contributed by atoms with Crippen LogP contribution in [0, 0.1) is 0 Å². The van der Waals surface area contributed by atoms with E-state index in [0.29, 0.717) is 0 Å². The minimum absolute atomic E-state index is 0.0993. The van der Waals surface area contributed by atoms with Crippen molar-refractivity contribution in [2.24, 2.45) is 0 Å². The first-order valence-corrected chi connectivity index (χ1v) is 11.9. The van der Waals surface area contributed by atoms with E-state index in [2.05, 4.69) is 10.3 Å². The quantitative estimate of drug-likeness (QED) is 0.569. The van der Waals surface area contributed by atoms with Crippen molar-refractivity contribution in [3.05, 3.63) is 58.9 Å². The third-order valence-electron chi connectivity index (χ3n) is 3.52. The lowest BCUT2D eigenvalue weighted by molar-refractivity contribution is -0.113. The summed E-state index contributed by atoms with van der Waals surface area (Å²) in [6.45, 7) is 0. The molecule has 0 bridgehead atoms. The molecule has 1 heterocycles. The van der Waals surface area contributed by atoms with Crippen LogP contribution in [-0.4, -0.2) is 31.3 Å². The molecule has 0 radical (unpaired) electrons. The van der Waals surface area contributed by atoms with Crippen LogP contribution in [0.2, 0.25) is 5.02 Å². The average molecular weight is 439 g/mol. The fraction of sp³-hybridized carbons (Fsp3) is 0.111. The van der Waals surface area contributed by atoms with Crippen LogP contribution in [0.15, 0.2) is 63.1 Å². The molecule has 0 saturated heterocycles. The van der Waals surface area contributed by atoms with Gasteiger partial charge in [-0.1, -0.05) is 53.7 Å². The second kappa shape index (κ2) is 8.43. The summed E-state index contributed by atoms with van der Waals surface area (Å²) in [5.74, 6) is -0.148. The highest BCUT2D eigenvalue weighted by Gasteiger charge is 2.13. The van der Waals surface area contributed by atoms with Gasteiger partial charge >= 0.3 is 0 Å². The molecule has 0 aliphatic rings. The van der Waals surface area contributed by atoms with Gasteiger partial charge in [-0.3, -0.25) is 4.79 Å². The van der Waals surface area contributed by atoms with Gasteiger partial charge in [0.1, 0.15) is 0 Å². The van der Waals surface area contributed by atoms with Crippen LogP contribution in [0.3, 0.4) is 0 Å². The predicted molar refractivity (Wildman–Crippen MR) is 111 cm³/mol. The number of benzene rings is 2. The molecule has 5 nitrogen and oxygen atoms in total. The number of aromatic nitrogens is 1. The van der Waals surface area contributed by atoms with Crippen LogP contribution in [0.1, 0.15) is 0 Å². The number of rotatable bonds is 6. The molecular formula is C18H15ClN2O3S3. The van der Waals surface area contributed by atoms with Crippen molar-refractivity contribution in [1.82, 2.24) is 4.98 Å². The van der Waals surface area contributed by atoms with Crippen LogP contribution >= 0.6 is 34.7 Å². The van der Waals surface area contributed by atoms with Gasteiger partial charge in [0, 0.05) is 17.2 Å². The molecular weight excluding hydrogens is 424 g/mol. The molecule has 2 aromatic carbocycles. The topological polar surface area (TPSA) is 76.1 Å². The number of hydrogen-bond acceptors (Lipinski definition) is 6. The van der Waals surface area contributed by atoms with Crippen molar-refractivity contribution in [2.75, 3.05) is 17.3 Å². The maximum Gasteiger partial charge on any atom is 0.234 e. The van der Waals surface area contributed by atoms with Gasteiger partial charge in [-0.2, -0.15) is 0 Å². The Kier molecular flexibility index (Phi) is 6.21. The fourth-order valence-electron chi connectivity index (χ4n) is 2.21. The van der Waals surface area contributed by atoms with Gasteiger partial charge in [-0.05, 0) is 18.2 Å². The summed E-state index contributed by atoms with van der Waals surface area (Å²) in [6.07, 6.45) is 1.10. The molecule has 1 amide bonds. The van der Waals surface area contributed by atoms with Crippen LogP contribution in [0.4, 0.5) is 5.69 Å². The molecule has 0 fully saturated rings. The van der Waals surface area contributed by atoms with Crippen molar-refractivity contribution < 1.29 is 13.2 Å². The largest absolute Gasteiger partial charge is 0.324 e. The molecule has 3 rings (SSSR count). The summed E-state index contributed by atoms with van der Waals surface area (Å²) >= 11 is 8.83. The number of carbonyl (C=O) groups excluding carboxylic acids is 1. The minimum Gasteiger partial charge on any atom is -0.324 e. The number of nitrogens with one attached hydrogen (secondary N) is 1. The number of thioether (sulfide) groups is 1. The molecule has 0 aliphatic carbocycles. The zero-order valence-electron chi connectivity index (χ0n) is 14.2. The maximum atomic E-state index is 12.2. The third-order valence-corrected chi connectivity index (χ3v) is 6.98. The van der Waals surface area contributed by atoms with Crippen LogP contribution < -0.4 is 5.32 Å². The lowest BCUT2D eigenvalue weighted by atomic mass is 10.2. The van der Waals surface area contributed by atoms with E-state index in [1.54, 1.807) is 0 Å². The predicted octanol–water partition coefficient (Wildman–Crippen LogP) is 4.60. The Morgan fingerprint density at radius 3 is 2.67 bits per heavy atom. The zero-order chi connectivity index (χ0) is 19.4. The van der Waals surface area contributed by atoms with Crippen molar-refractivity contribution in [3.8, 4) is 11.3 Å². The number of anilines is 1. The standard InChI is InChI=1S/C18H15ClN2O3S3/c1-27(23,24)13-7-8-14(19)15(9-13)20-17(22)11-26-18-21-16(10-25-18)12-5-3-2-4-6-12/h2-10H,11H2,1H3,(H,20,22). The highest BCUT2D eigenvalue weighted by molar-refractivity contribution is 8.01. The molecule has 27 heavy (non-hydrogen) atoms. The van der Waals surface area contributed by atoms with E-state index >= 15 is 0 Å². The molecule has 1 aromatic heterocycles. The third kappa shape index (κ3) is 5.32. The van der Waals surface area contributed by atoms with Gasteiger partial charge in [-0.25, -0.2) is 13.4 Å². The van der Waals surface area contributed by atoms with E-state index in [1.807, 2.05) is 35.7 Å². The van der Waals surface area contributed by atoms with Gasteiger partial charge in [-0.15, -0.1) is 11.3 Å². The smallest absolute Gasteiger partial charge is 0.234 e. The van der Waals surface area contributed by atoms with Crippen LogP contribution in [0.25, 0.3) is 11.3 Å². The molecule has 0 atom stereocenters. The molecule has 0 aliphatic heterocycles. The normalized spacial score (nSPS) is 11.3. The SMILES string of the molecule is CS(=O)(=O)c1ccc(Cl)c(NC(=O)CSc2nc(-c3ccccc3)cs2)c1. The van der Waals surface area contributed by atoms with Crippen molar-refractivity contribution in [1.29, 1.82) is 0 Å². The van der Waals surface area contributed by atoms with E-state index in [-0.39, 0.29) is 27.3 Å². The Morgan fingerprint density at radius 2 is 1.96 bits per heavy atom. The lowest BCUT2D eigenvalue weighted by Gasteiger charge is -2.08. The molecule has 9 heteroatoms. The maximum absolute atomic E-state index is 12.2.